The minimum absolute atomic E-state index is 0.557. The topological polar surface area (TPSA) is 20.2 Å². The summed E-state index contributed by atoms with van der Waals surface area (Å²) >= 11 is 5.96. The van der Waals surface area contributed by atoms with Crippen molar-refractivity contribution in [2.45, 2.75) is 26.9 Å². The zero-order chi connectivity index (χ0) is 10.7. The number of aliphatic hydroxyl groups is 1. The smallest absolute Gasteiger partial charge is 0.0974 e. The van der Waals surface area contributed by atoms with E-state index in [1.54, 1.807) is 12.1 Å². The fraction of sp³-hybridized carbons (Fsp3) is 0.333. The van der Waals surface area contributed by atoms with E-state index in [1.165, 1.54) is 0 Å². The summed E-state index contributed by atoms with van der Waals surface area (Å²) in [6.07, 6.45) is 1.25. The van der Waals surface area contributed by atoms with Crippen molar-refractivity contribution >= 4 is 11.6 Å². The molecule has 0 heterocycles. The van der Waals surface area contributed by atoms with Gasteiger partial charge in [-0.15, -0.1) is 0 Å². The maximum Gasteiger partial charge on any atom is 0.0974 e. The number of benzene rings is 1. The predicted octanol–water partition coefficient (Wildman–Crippen LogP) is 3.65. The summed E-state index contributed by atoms with van der Waals surface area (Å²) in [4.78, 5) is 0. The predicted molar refractivity (Wildman–Crippen MR) is 60.6 cm³/mol. The van der Waals surface area contributed by atoms with Crippen LogP contribution < -0.4 is 0 Å². The summed E-state index contributed by atoms with van der Waals surface area (Å²) in [6.45, 7) is 5.86. The number of aliphatic hydroxyl groups excluding tert-OH is 1. The van der Waals surface area contributed by atoms with Gasteiger partial charge in [0, 0.05) is 5.02 Å². The van der Waals surface area contributed by atoms with Gasteiger partial charge in [-0.25, -0.2) is 0 Å². The molecule has 0 aliphatic heterocycles. The molecule has 76 valence electrons. The van der Waals surface area contributed by atoms with Crippen molar-refractivity contribution in [3.05, 3.63) is 46.0 Å². The minimum atomic E-state index is -0.557. The lowest BCUT2D eigenvalue weighted by molar-refractivity contribution is 0.227. The second-order valence-electron chi connectivity index (χ2n) is 3.70. The van der Waals surface area contributed by atoms with Gasteiger partial charge in [-0.3, -0.25) is 0 Å². The quantitative estimate of drug-likeness (QED) is 0.739. The maximum atomic E-state index is 9.77. The maximum absolute atomic E-state index is 9.77. The number of hydrogen-bond acceptors (Lipinski definition) is 1. The first-order chi connectivity index (χ1) is 6.50. The average molecular weight is 211 g/mol. The van der Waals surface area contributed by atoms with E-state index in [2.05, 4.69) is 0 Å². The van der Waals surface area contributed by atoms with E-state index in [4.69, 9.17) is 11.6 Å². The molecule has 1 aromatic carbocycles. The van der Waals surface area contributed by atoms with Gasteiger partial charge >= 0.3 is 0 Å². The Hall–Kier alpha value is -0.790. The van der Waals surface area contributed by atoms with Gasteiger partial charge in [0.1, 0.15) is 0 Å². The van der Waals surface area contributed by atoms with E-state index >= 15 is 0 Å². The second-order valence-corrected chi connectivity index (χ2v) is 4.10. The largest absolute Gasteiger partial charge is 0.384 e. The molecule has 1 atom stereocenters. The average Bonchev–Trinajstić information content (AvgIpc) is 2.08. The first kappa shape index (κ1) is 11.3. The number of aryl methyl sites for hydroxylation is 1. The molecule has 0 aliphatic rings. The van der Waals surface area contributed by atoms with E-state index in [9.17, 15) is 5.11 Å². The van der Waals surface area contributed by atoms with Crippen LogP contribution in [0.4, 0.5) is 0 Å². The molecule has 0 spiro atoms. The third-order valence-corrected chi connectivity index (χ3v) is 2.44. The lowest BCUT2D eigenvalue weighted by atomic mass is 10.1. The van der Waals surface area contributed by atoms with Gasteiger partial charge in [0.25, 0.3) is 0 Å². The summed E-state index contributed by atoms with van der Waals surface area (Å²) in [7, 11) is 0. The van der Waals surface area contributed by atoms with Gasteiger partial charge in [-0.2, -0.15) is 0 Å². The van der Waals surface area contributed by atoms with E-state index in [0.717, 1.165) is 16.7 Å². The molecule has 14 heavy (non-hydrogen) atoms. The number of allylic oxidation sites excluding steroid dienone is 1. The fourth-order valence-electron chi connectivity index (χ4n) is 1.21. The van der Waals surface area contributed by atoms with Crippen molar-refractivity contribution in [2.24, 2.45) is 0 Å². The van der Waals surface area contributed by atoms with Gasteiger partial charge in [0.05, 0.1) is 6.10 Å². The number of rotatable bonds is 2. The zero-order valence-corrected chi connectivity index (χ0v) is 9.47. The SMILES string of the molecule is CC(C)=CC(O)c1ccc(C)c(Cl)c1. The normalized spacial score (nSPS) is 12.4. The lowest BCUT2D eigenvalue weighted by Gasteiger charge is -2.08. The van der Waals surface area contributed by atoms with Crippen molar-refractivity contribution < 1.29 is 5.11 Å². The number of halogens is 1. The van der Waals surface area contributed by atoms with Crippen LogP contribution in [-0.4, -0.2) is 5.11 Å². The Bertz CT molecular complexity index is 351. The Morgan fingerprint density at radius 2 is 2.07 bits per heavy atom. The minimum Gasteiger partial charge on any atom is -0.384 e. The molecule has 0 aliphatic carbocycles. The van der Waals surface area contributed by atoms with Crippen LogP contribution in [0, 0.1) is 6.92 Å². The van der Waals surface area contributed by atoms with Crippen molar-refractivity contribution in [1.82, 2.24) is 0 Å². The Labute approximate surface area is 90.0 Å². The molecule has 1 aromatic rings. The molecule has 0 radical (unpaired) electrons. The summed E-state index contributed by atoms with van der Waals surface area (Å²) in [6, 6.07) is 5.62. The monoisotopic (exact) mass is 210 g/mol. The highest BCUT2D eigenvalue weighted by molar-refractivity contribution is 6.31. The molecule has 0 fully saturated rings. The van der Waals surface area contributed by atoms with Gasteiger partial charge in [-0.05, 0) is 38.0 Å². The second kappa shape index (κ2) is 4.63. The third-order valence-electron chi connectivity index (χ3n) is 2.03. The fourth-order valence-corrected chi connectivity index (χ4v) is 1.39. The van der Waals surface area contributed by atoms with E-state index in [1.807, 2.05) is 32.9 Å². The highest BCUT2D eigenvalue weighted by Gasteiger charge is 2.05. The van der Waals surface area contributed by atoms with E-state index < -0.39 is 6.10 Å². The summed E-state index contributed by atoms with van der Waals surface area (Å²) < 4.78 is 0. The lowest BCUT2D eigenvalue weighted by Crippen LogP contribution is -1.94. The molecule has 0 saturated heterocycles. The molecule has 1 nitrogen and oxygen atoms in total. The standard InChI is InChI=1S/C12H15ClO/c1-8(2)6-12(14)10-5-4-9(3)11(13)7-10/h4-7,12,14H,1-3H3. The molecule has 0 amide bonds. The van der Waals surface area contributed by atoms with Crippen LogP contribution in [0.1, 0.15) is 31.1 Å². The molecular formula is C12H15ClO. The van der Waals surface area contributed by atoms with Gasteiger partial charge in [0.2, 0.25) is 0 Å². The van der Waals surface area contributed by atoms with Crippen molar-refractivity contribution in [1.29, 1.82) is 0 Å². The third kappa shape index (κ3) is 2.86. The summed E-state index contributed by atoms with van der Waals surface area (Å²) in [5.74, 6) is 0. The Kier molecular flexibility index (Phi) is 3.73. The van der Waals surface area contributed by atoms with Gasteiger partial charge in [-0.1, -0.05) is 35.4 Å². The number of hydrogen-bond donors (Lipinski definition) is 1. The molecule has 2 heteroatoms. The Morgan fingerprint density at radius 3 is 2.57 bits per heavy atom. The van der Waals surface area contributed by atoms with Gasteiger partial charge < -0.3 is 5.11 Å². The Morgan fingerprint density at radius 1 is 1.43 bits per heavy atom. The highest BCUT2D eigenvalue weighted by Crippen LogP contribution is 2.22. The molecule has 0 aromatic heterocycles. The first-order valence-electron chi connectivity index (χ1n) is 4.60. The van der Waals surface area contributed by atoms with Crippen LogP contribution in [0.15, 0.2) is 29.8 Å². The Balaban J connectivity index is 2.97. The van der Waals surface area contributed by atoms with Crippen LogP contribution >= 0.6 is 11.6 Å². The van der Waals surface area contributed by atoms with E-state index in [-0.39, 0.29) is 0 Å². The molecule has 1 unspecified atom stereocenters. The van der Waals surface area contributed by atoms with E-state index in [0.29, 0.717) is 5.02 Å². The molecule has 0 saturated carbocycles. The summed E-state index contributed by atoms with van der Waals surface area (Å²) in [5, 5.41) is 10.5. The van der Waals surface area contributed by atoms with Crippen molar-refractivity contribution in [3.8, 4) is 0 Å². The van der Waals surface area contributed by atoms with Crippen molar-refractivity contribution in [3.63, 3.8) is 0 Å². The van der Waals surface area contributed by atoms with Crippen LogP contribution in [0.2, 0.25) is 5.02 Å². The van der Waals surface area contributed by atoms with Crippen LogP contribution in [0.25, 0.3) is 0 Å². The van der Waals surface area contributed by atoms with Crippen LogP contribution in [0.5, 0.6) is 0 Å². The zero-order valence-electron chi connectivity index (χ0n) is 8.71. The molecule has 1 rings (SSSR count). The van der Waals surface area contributed by atoms with Crippen LogP contribution in [0.3, 0.4) is 0 Å². The van der Waals surface area contributed by atoms with Crippen LogP contribution in [-0.2, 0) is 0 Å². The molecule has 1 N–H and O–H groups in total. The highest BCUT2D eigenvalue weighted by atomic mass is 35.5. The summed E-state index contributed by atoms with van der Waals surface area (Å²) in [5.41, 5.74) is 2.95. The molecular weight excluding hydrogens is 196 g/mol. The van der Waals surface area contributed by atoms with Gasteiger partial charge in [0.15, 0.2) is 0 Å². The molecule has 0 bridgehead atoms. The first-order valence-corrected chi connectivity index (χ1v) is 4.97. The van der Waals surface area contributed by atoms with Crippen molar-refractivity contribution in [2.75, 3.05) is 0 Å².